The van der Waals surface area contributed by atoms with Crippen molar-refractivity contribution >= 4 is 21.7 Å². The number of likely N-dealkylation sites (N-methyl/N-ethyl adjacent to an activating group) is 2. The summed E-state index contributed by atoms with van der Waals surface area (Å²) in [5.74, 6) is 1.88. The Balaban J connectivity index is 2.23. The Hall–Kier alpha value is -0.680. The van der Waals surface area contributed by atoms with Crippen LogP contribution in [0.1, 0.15) is 45.9 Å². The van der Waals surface area contributed by atoms with Crippen LogP contribution >= 0.6 is 15.9 Å². The van der Waals surface area contributed by atoms with Gasteiger partial charge in [0.15, 0.2) is 0 Å². The lowest BCUT2D eigenvalue weighted by Crippen LogP contribution is -2.56. The van der Waals surface area contributed by atoms with Gasteiger partial charge in [-0.05, 0) is 49.3 Å². The number of anilines is 1. The standard InChI is InChI=1S/C16H27BrN4/c1-15(2,3)14-18-12(17)10-13(19-14)21(6)11-16(20(4)5)8-7-9-16/h10H,7-9,11H2,1-6H3. The minimum atomic E-state index is -0.0466. The summed E-state index contributed by atoms with van der Waals surface area (Å²) in [4.78, 5) is 13.9. The third-order valence-corrected chi connectivity index (χ3v) is 4.91. The predicted octanol–water partition coefficient (Wildman–Crippen LogP) is 3.46. The van der Waals surface area contributed by atoms with E-state index in [4.69, 9.17) is 4.98 Å². The van der Waals surface area contributed by atoms with Gasteiger partial charge < -0.3 is 9.80 Å². The molecule has 0 aliphatic heterocycles. The van der Waals surface area contributed by atoms with Crippen LogP contribution in [-0.2, 0) is 5.41 Å². The van der Waals surface area contributed by atoms with E-state index >= 15 is 0 Å². The average molecular weight is 355 g/mol. The van der Waals surface area contributed by atoms with Gasteiger partial charge in [-0.25, -0.2) is 9.97 Å². The Morgan fingerprint density at radius 3 is 2.24 bits per heavy atom. The molecule has 0 unspecified atom stereocenters. The van der Waals surface area contributed by atoms with Crippen molar-refractivity contribution in [1.29, 1.82) is 0 Å². The van der Waals surface area contributed by atoms with E-state index in [1.807, 2.05) is 6.07 Å². The molecule has 4 nitrogen and oxygen atoms in total. The van der Waals surface area contributed by atoms with Crippen LogP contribution in [0.2, 0.25) is 0 Å². The summed E-state index contributed by atoms with van der Waals surface area (Å²) >= 11 is 3.53. The van der Waals surface area contributed by atoms with Crippen LogP contribution in [0.25, 0.3) is 0 Å². The first-order chi connectivity index (χ1) is 9.64. The second-order valence-corrected chi connectivity index (χ2v) is 8.26. The summed E-state index contributed by atoms with van der Waals surface area (Å²) < 4.78 is 0.858. The zero-order chi connectivity index (χ0) is 15.8. The van der Waals surface area contributed by atoms with E-state index in [0.717, 1.165) is 22.8 Å². The van der Waals surface area contributed by atoms with Gasteiger partial charge in [0.05, 0.1) is 0 Å². The topological polar surface area (TPSA) is 32.3 Å². The molecule has 1 aromatic rings. The van der Waals surface area contributed by atoms with Gasteiger partial charge in [-0.2, -0.15) is 0 Å². The fourth-order valence-electron chi connectivity index (χ4n) is 2.79. The second kappa shape index (κ2) is 5.84. The molecule has 2 rings (SSSR count). The first-order valence-electron chi connectivity index (χ1n) is 7.58. The number of hydrogen-bond donors (Lipinski definition) is 0. The van der Waals surface area contributed by atoms with E-state index in [1.165, 1.54) is 19.3 Å². The molecule has 1 aliphatic carbocycles. The van der Waals surface area contributed by atoms with Crippen molar-refractivity contribution in [2.24, 2.45) is 0 Å². The minimum Gasteiger partial charge on any atom is -0.358 e. The van der Waals surface area contributed by atoms with Gasteiger partial charge >= 0.3 is 0 Å². The van der Waals surface area contributed by atoms with Gasteiger partial charge in [0.25, 0.3) is 0 Å². The van der Waals surface area contributed by atoms with E-state index in [9.17, 15) is 0 Å². The Morgan fingerprint density at radius 2 is 1.81 bits per heavy atom. The summed E-state index contributed by atoms with van der Waals surface area (Å²) in [6.07, 6.45) is 3.86. The third-order valence-electron chi connectivity index (χ3n) is 4.51. The predicted molar refractivity (Wildman–Crippen MR) is 92.0 cm³/mol. The molecule has 0 N–H and O–H groups in total. The molecule has 0 atom stereocenters. The molecule has 1 fully saturated rings. The molecule has 0 spiro atoms. The fraction of sp³-hybridized carbons (Fsp3) is 0.750. The molecule has 1 heterocycles. The third kappa shape index (κ3) is 3.57. The largest absolute Gasteiger partial charge is 0.358 e. The molecule has 0 radical (unpaired) electrons. The van der Waals surface area contributed by atoms with E-state index in [-0.39, 0.29) is 5.41 Å². The molecule has 1 aromatic heterocycles. The number of halogens is 1. The van der Waals surface area contributed by atoms with E-state index < -0.39 is 0 Å². The molecule has 0 amide bonds. The zero-order valence-electron chi connectivity index (χ0n) is 14.1. The van der Waals surface area contributed by atoms with Crippen LogP contribution in [0, 0.1) is 0 Å². The number of aromatic nitrogens is 2. The van der Waals surface area contributed by atoms with Crippen LogP contribution in [0.5, 0.6) is 0 Å². The monoisotopic (exact) mass is 354 g/mol. The minimum absolute atomic E-state index is 0.0466. The molecule has 5 heteroatoms. The molecular weight excluding hydrogens is 328 g/mol. The molecule has 0 aromatic carbocycles. The van der Waals surface area contributed by atoms with Gasteiger partial charge in [-0.15, -0.1) is 0 Å². The van der Waals surface area contributed by atoms with E-state index in [2.05, 4.69) is 72.6 Å². The van der Waals surface area contributed by atoms with Crippen molar-refractivity contribution in [3.63, 3.8) is 0 Å². The Morgan fingerprint density at radius 1 is 1.19 bits per heavy atom. The van der Waals surface area contributed by atoms with Crippen molar-refractivity contribution in [2.45, 2.75) is 51.0 Å². The molecule has 1 aliphatic rings. The van der Waals surface area contributed by atoms with Crippen LogP contribution < -0.4 is 4.90 Å². The number of rotatable bonds is 4. The molecule has 118 valence electrons. The Kier molecular flexibility index (Phi) is 4.64. The lowest BCUT2D eigenvalue weighted by Gasteiger charge is -2.49. The van der Waals surface area contributed by atoms with Crippen molar-refractivity contribution in [2.75, 3.05) is 32.6 Å². The maximum absolute atomic E-state index is 4.77. The quantitative estimate of drug-likeness (QED) is 0.775. The van der Waals surface area contributed by atoms with E-state index in [0.29, 0.717) is 5.54 Å². The number of hydrogen-bond acceptors (Lipinski definition) is 4. The zero-order valence-corrected chi connectivity index (χ0v) is 15.7. The van der Waals surface area contributed by atoms with Crippen LogP contribution in [0.4, 0.5) is 5.82 Å². The average Bonchev–Trinajstić information content (AvgIpc) is 2.31. The van der Waals surface area contributed by atoms with Crippen molar-refractivity contribution in [3.8, 4) is 0 Å². The Labute approximate surface area is 137 Å². The van der Waals surface area contributed by atoms with Crippen LogP contribution in [0.15, 0.2) is 10.7 Å². The maximum atomic E-state index is 4.77. The highest BCUT2D eigenvalue weighted by Gasteiger charge is 2.40. The highest BCUT2D eigenvalue weighted by atomic mass is 79.9. The van der Waals surface area contributed by atoms with Gasteiger partial charge in [0, 0.05) is 30.6 Å². The first-order valence-corrected chi connectivity index (χ1v) is 8.37. The highest BCUT2D eigenvalue weighted by molar-refractivity contribution is 9.10. The lowest BCUT2D eigenvalue weighted by molar-refractivity contribution is 0.0681. The van der Waals surface area contributed by atoms with Gasteiger partial charge in [0.1, 0.15) is 16.2 Å². The number of nitrogens with zero attached hydrogens (tertiary/aromatic N) is 4. The summed E-state index contributed by atoms with van der Waals surface area (Å²) in [5.41, 5.74) is 0.253. The molecule has 0 bridgehead atoms. The maximum Gasteiger partial charge on any atom is 0.137 e. The summed E-state index contributed by atoms with van der Waals surface area (Å²) in [6, 6.07) is 2.01. The SMILES string of the molecule is CN(CC1(N(C)C)CCC1)c1cc(Br)nc(C(C)(C)C)n1. The van der Waals surface area contributed by atoms with Crippen molar-refractivity contribution in [3.05, 3.63) is 16.5 Å². The van der Waals surface area contributed by atoms with Gasteiger partial charge in [-0.3, -0.25) is 0 Å². The first kappa shape index (κ1) is 16.7. The highest BCUT2D eigenvalue weighted by Crippen LogP contribution is 2.37. The van der Waals surface area contributed by atoms with Gasteiger partial charge in [-0.1, -0.05) is 20.8 Å². The van der Waals surface area contributed by atoms with Crippen molar-refractivity contribution < 1.29 is 0 Å². The van der Waals surface area contributed by atoms with Crippen LogP contribution in [0.3, 0.4) is 0 Å². The lowest BCUT2D eigenvalue weighted by atomic mass is 9.75. The Bertz CT molecular complexity index is 503. The normalized spacial score (nSPS) is 17.7. The molecular formula is C16H27BrN4. The summed E-state index contributed by atoms with van der Waals surface area (Å²) in [5, 5.41) is 0. The molecule has 1 saturated carbocycles. The fourth-order valence-corrected chi connectivity index (χ4v) is 3.16. The molecule has 0 saturated heterocycles. The van der Waals surface area contributed by atoms with Crippen LogP contribution in [-0.4, -0.2) is 48.1 Å². The second-order valence-electron chi connectivity index (χ2n) is 7.45. The smallest absolute Gasteiger partial charge is 0.137 e. The van der Waals surface area contributed by atoms with Crippen molar-refractivity contribution in [1.82, 2.24) is 14.9 Å². The summed E-state index contributed by atoms with van der Waals surface area (Å²) in [7, 11) is 6.50. The van der Waals surface area contributed by atoms with E-state index in [1.54, 1.807) is 0 Å². The molecule has 21 heavy (non-hydrogen) atoms. The summed E-state index contributed by atoms with van der Waals surface area (Å²) in [6.45, 7) is 7.44. The van der Waals surface area contributed by atoms with Gasteiger partial charge in [0.2, 0.25) is 0 Å².